The number of fused-ring (bicyclic) bond motifs is 1. The third-order valence-electron chi connectivity index (χ3n) is 3.54. The molecule has 20 heavy (non-hydrogen) atoms. The zero-order valence-corrected chi connectivity index (χ0v) is 10.7. The SMILES string of the molecule is O=C(NC1CCOCC1O)c1c[nH]c2cccc(F)c12. The van der Waals surface area contributed by atoms with Gasteiger partial charge in [0, 0.05) is 23.7 Å². The van der Waals surface area contributed by atoms with Crippen molar-refractivity contribution >= 4 is 16.8 Å². The monoisotopic (exact) mass is 278 g/mol. The standard InChI is InChI=1S/C14H15FN2O3/c15-9-2-1-3-11-13(9)8(6-16-11)14(19)17-10-4-5-20-7-12(10)18/h1-3,6,10,12,16,18H,4-5,7H2,(H,17,19). The largest absolute Gasteiger partial charge is 0.389 e. The Balaban J connectivity index is 1.85. The zero-order chi connectivity index (χ0) is 14.1. The molecule has 1 aromatic carbocycles. The first-order valence-corrected chi connectivity index (χ1v) is 6.49. The van der Waals surface area contributed by atoms with Crippen LogP contribution in [0.25, 0.3) is 10.9 Å². The van der Waals surface area contributed by atoms with E-state index >= 15 is 0 Å². The molecule has 1 aliphatic heterocycles. The Bertz CT molecular complexity index is 640. The lowest BCUT2D eigenvalue weighted by Gasteiger charge is -2.28. The maximum atomic E-state index is 13.8. The molecule has 0 bridgehead atoms. The van der Waals surface area contributed by atoms with Gasteiger partial charge in [-0.2, -0.15) is 0 Å². The molecule has 106 valence electrons. The number of carbonyl (C=O) groups is 1. The van der Waals surface area contributed by atoms with E-state index in [0.717, 1.165) is 0 Å². The highest BCUT2D eigenvalue weighted by atomic mass is 19.1. The van der Waals surface area contributed by atoms with Crippen LogP contribution in [0, 0.1) is 5.82 Å². The molecule has 3 N–H and O–H groups in total. The van der Waals surface area contributed by atoms with E-state index in [4.69, 9.17) is 4.74 Å². The summed E-state index contributed by atoms with van der Waals surface area (Å²) < 4.78 is 18.9. The van der Waals surface area contributed by atoms with Gasteiger partial charge in [0.2, 0.25) is 0 Å². The molecule has 6 heteroatoms. The van der Waals surface area contributed by atoms with E-state index in [9.17, 15) is 14.3 Å². The van der Waals surface area contributed by atoms with Gasteiger partial charge in [-0.15, -0.1) is 0 Å². The molecule has 1 aromatic heterocycles. The van der Waals surface area contributed by atoms with Crippen LogP contribution in [0.1, 0.15) is 16.8 Å². The highest BCUT2D eigenvalue weighted by Gasteiger charge is 2.26. The maximum absolute atomic E-state index is 13.8. The lowest BCUT2D eigenvalue weighted by atomic mass is 10.1. The van der Waals surface area contributed by atoms with E-state index in [1.807, 2.05) is 0 Å². The molecule has 3 rings (SSSR count). The van der Waals surface area contributed by atoms with Crippen LogP contribution in [-0.4, -0.2) is 41.4 Å². The molecule has 1 fully saturated rings. The molecule has 2 unspecified atom stereocenters. The molecule has 0 spiro atoms. The summed E-state index contributed by atoms with van der Waals surface area (Å²) in [5.41, 5.74) is 0.819. The lowest BCUT2D eigenvalue weighted by molar-refractivity contribution is -0.0260. The summed E-state index contributed by atoms with van der Waals surface area (Å²) in [5.74, 6) is -0.839. The van der Waals surface area contributed by atoms with Gasteiger partial charge in [-0.25, -0.2) is 4.39 Å². The van der Waals surface area contributed by atoms with Gasteiger partial charge in [0.05, 0.1) is 24.3 Å². The topological polar surface area (TPSA) is 74.3 Å². The average molecular weight is 278 g/mol. The molecule has 0 saturated carbocycles. The van der Waals surface area contributed by atoms with E-state index in [1.54, 1.807) is 12.1 Å². The summed E-state index contributed by atoms with van der Waals surface area (Å²) in [6.07, 6.45) is 1.29. The summed E-state index contributed by atoms with van der Waals surface area (Å²) in [6.45, 7) is 0.692. The number of aromatic amines is 1. The second kappa shape index (κ2) is 5.22. The number of amides is 1. The third-order valence-corrected chi connectivity index (χ3v) is 3.54. The predicted octanol–water partition coefficient (Wildman–Crippen LogP) is 1.19. The number of aromatic nitrogens is 1. The van der Waals surface area contributed by atoms with Crippen LogP contribution < -0.4 is 5.32 Å². The molecule has 0 radical (unpaired) electrons. The van der Waals surface area contributed by atoms with Crippen molar-refractivity contribution < 1.29 is 19.0 Å². The van der Waals surface area contributed by atoms with E-state index in [-0.39, 0.29) is 23.6 Å². The van der Waals surface area contributed by atoms with Gasteiger partial charge in [-0.3, -0.25) is 4.79 Å². The molecule has 5 nitrogen and oxygen atoms in total. The molecule has 1 saturated heterocycles. The fourth-order valence-corrected chi connectivity index (χ4v) is 2.46. The van der Waals surface area contributed by atoms with E-state index in [1.165, 1.54) is 12.3 Å². The molecule has 2 aromatic rings. The van der Waals surface area contributed by atoms with Gasteiger partial charge >= 0.3 is 0 Å². The van der Waals surface area contributed by atoms with Crippen molar-refractivity contribution in [2.45, 2.75) is 18.6 Å². The Morgan fingerprint density at radius 3 is 3.15 bits per heavy atom. The third kappa shape index (κ3) is 2.28. The number of aliphatic hydroxyl groups excluding tert-OH is 1. The van der Waals surface area contributed by atoms with Crippen LogP contribution in [0.15, 0.2) is 24.4 Å². The van der Waals surface area contributed by atoms with Crippen molar-refractivity contribution in [3.05, 3.63) is 35.8 Å². The minimum Gasteiger partial charge on any atom is -0.389 e. The number of aliphatic hydroxyl groups is 1. The number of benzene rings is 1. The maximum Gasteiger partial charge on any atom is 0.253 e. The molecule has 2 atom stereocenters. The predicted molar refractivity (Wildman–Crippen MR) is 71.0 cm³/mol. The van der Waals surface area contributed by atoms with Crippen molar-refractivity contribution in [2.75, 3.05) is 13.2 Å². The first kappa shape index (κ1) is 13.1. The smallest absolute Gasteiger partial charge is 0.253 e. The Morgan fingerprint density at radius 1 is 1.50 bits per heavy atom. The van der Waals surface area contributed by atoms with Crippen molar-refractivity contribution in [2.24, 2.45) is 0 Å². The normalized spacial score (nSPS) is 22.9. The fraction of sp³-hybridized carbons (Fsp3) is 0.357. The Morgan fingerprint density at radius 2 is 2.35 bits per heavy atom. The fourth-order valence-electron chi connectivity index (χ4n) is 2.46. The first-order valence-electron chi connectivity index (χ1n) is 6.49. The molecule has 1 aliphatic rings. The van der Waals surface area contributed by atoms with Crippen molar-refractivity contribution in [1.29, 1.82) is 0 Å². The second-order valence-corrected chi connectivity index (χ2v) is 4.88. The number of ether oxygens (including phenoxy) is 1. The van der Waals surface area contributed by atoms with Gasteiger partial charge < -0.3 is 20.1 Å². The van der Waals surface area contributed by atoms with Gasteiger partial charge in [0.15, 0.2) is 0 Å². The molecule has 1 amide bonds. The van der Waals surface area contributed by atoms with Crippen molar-refractivity contribution in [1.82, 2.24) is 10.3 Å². The summed E-state index contributed by atoms with van der Waals surface area (Å²) in [7, 11) is 0. The second-order valence-electron chi connectivity index (χ2n) is 4.88. The van der Waals surface area contributed by atoms with Crippen molar-refractivity contribution in [3.63, 3.8) is 0 Å². The van der Waals surface area contributed by atoms with E-state index < -0.39 is 17.8 Å². The number of carbonyl (C=O) groups excluding carboxylic acids is 1. The van der Waals surface area contributed by atoms with Gasteiger partial charge in [0.25, 0.3) is 5.91 Å². The number of nitrogens with one attached hydrogen (secondary N) is 2. The summed E-state index contributed by atoms with van der Waals surface area (Å²) in [6, 6.07) is 4.24. The number of rotatable bonds is 2. The summed E-state index contributed by atoms with van der Waals surface area (Å²) in [5, 5.41) is 12.8. The first-order chi connectivity index (χ1) is 9.66. The molecular weight excluding hydrogens is 263 g/mol. The summed E-state index contributed by atoms with van der Waals surface area (Å²) >= 11 is 0. The Kier molecular flexibility index (Phi) is 3.42. The number of halogens is 1. The zero-order valence-electron chi connectivity index (χ0n) is 10.7. The highest BCUT2D eigenvalue weighted by molar-refractivity contribution is 6.07. The minimum atomic E-state index is -0.734. The average Bonchev–Trinajstić information content (AvgIpc) is 2.87. The lowest BCUT2D eigenvalue weighted by Crippen LogP contribution is -2.48. The molecular formula is C14H15FN2O3. The van der Waals surface area contributed by atoms with Gasteiger partial charge in [-0.05, 0) is 18.6 Å². The van der Waals surface area contributed by atoms with Crippen molar-refractivity contribution in [3.8, 4) is 0 Å². The van der Waals surface area contributed by atoms with Crippen LogP contribution in [0.5, 0.6) is 0 Å². The van der Waals surface area contributed by atoms with Gasteiger partial charge in [-0.1, -0.05) is 6.07 Å². The molecule has 0 aliphatic carbocycles. The summed E-state index contributed by atoms with van der Waals surface area (Å²) in [4.78, 5) is 15.1. The van der Waals surface area contributed by atoms with Crippen LogP contribution in [0.2, 0.25) is 0 Å². The number of hydrogen-bond acceptors (Lipinski definition) is 3. The Hall–Kier alpha value is -1.92. The highest BCUT2D eigenvalue weighted by Crippen LogP contribution is 2.21. The Labute approximate surface area is 114 Å². The van der Waals surface area contributed by atoms with Crippen LogP contribution in [-0.2, 0) is 4.74 Å². The van der Waals surface area contributed by atoms with Crippen LogP contribution in [0.4, 0.5) is 4.39 Å². The number of hydrogen-bond donors (Lipinski definition) is 3. The van der Waals surface area contributed by atoms with E-state index in [2.05, 4.69) is 10.3 Å². The number of H-pyrrole nitrogens is 1. The quantitative estimate of drug-likeness (QED) is 0.772. The molecule has 2 heterocycles. The minimum absolute atomic E-state index is 0.202. The van der Waals surface area contributed by atoms with Crippen LogP contribution >= 0.6 is 0 Å². The van der Waals surface area contributed by atoms with E-state index in [0.29, 0.717) is 18.5 Å². The van der Waals surface area contributed by atoms with Gasteiger partial charge in [0.1, 0.15) is 5.82 Å². The van der Waals surface area contributed by atoms with Crippen LogP contribution in [0.3, 0.4) is 0 Å².